The molecule has 0 aliphatic heterocycles. The zero-order chi connectivity index (χ0) is 11.3. The van der Waals surface area contributed by atoms with Crippen LogP contribution in [0.5, 0.6) is 0 Å². The minimum atomic E-state index is 0.735. The molecule has 0 bridgehead atoms. The van der Waals surface area contributed by atoms with Crippen molar-refractivity contribution in [2.45, 2.75) is 44.7 Å². The summed E-state index contributed by atoms with van der Waals surface area (Å²) < 4.78 is 0. The maximum atomic E-state index is 5.68. The summed E-state index contributed by atoms with van der Waals surface area (Å²) >= 11 is 5.68. The first-order chi connectivity index (χ1) is 7.17. The molecule has 0 radical (unpaired) electrons. The lowest BCUT2D eigenvalue weighted by Gasteiger charge is -2.34. The van der Waals surface area contributed by atoms with Gasteiger partial charge in [-0.15, -0.1) is 0 Å². The normalized spacial score (nSPS) is 28.5. The van der Waals surface area contributed by atoms with Crippen molar-refractivity contribution >= 4 is 11.6 Å². The quantitative estimate of drug-likeness (QED) is 0.799. The zero-order valence-corrected chi connectivity index (χ0v) is 10.8. The predicted octanol–water partition coefficient (Wildman–Crippen LogP) is 2.59. The van der Waals surface area contributed by atoms with E-state index in [0.717, 1.165) is 18.6 Å². The van der Waals surface area contributed by atoms with Gasteiger partial charge in [-0.3, -0.25) is 4.90 Å². The molecule has 0 heterocycles. The number of halogens is 1. The van der Waals surface area contributed by atoms with Crippen molar-refractivity contribution in [3.63, 3.8) is 0 Å². The average Bonchev–Trinajstić information content (AvgIpc) is 2.29. The average molecular weight is 231 g/mol. The van der Waals surface area contributed by atoms with Crippen LogP contribution < -0.4 is 5.32 Å². The summed E-state index contributed by atoms with van der Waals surface area (Å²) in [5.41, 5.74) is 2.94. The molecule has 0 aromatic carbocycles. The maximum Gasteiger partial charge on any atom is 0.0201 e. The lowest BCUT2D eigenvalue weighted by Crippen LogP contribution is -2.40. The first-order valence-electron chi connectivity index (χ1n) is 5.80. The van der Waals surface area contributed by atoms with Gasteiger partial charge in [0.05, 0.1) is 0 Å². The summed E-state index contributed by atoms with van der Waals surface area (Å²) in [7, 11) is 4.27. The number of nitrogens with zero attached hydrogens (tertiary/aromatic N) is 1. The van der Waals surface area contributed by atoms with E-state index in [1.807, 2.05) is 0 Å². The SMILES string of the molecule is CNC1CCC(N(C)CC(C)=CCl)CC1. The Morgan fingerprint density at radius 1 is 1.40 bits per heavy atom. The summed E-state index contributed by atoms with van der Waals surface area (Å²) in [5.74, 6) is 0. The lowest BCUT2D eigenvalue weighted by atomic mass is 9.90. The molecule has 0 unspecified atom stereocenters. The second-order valence-electron chi connectivity index (χ2n) is 4.66. The lowest BCUT2D eigenvalue weighted by molar-refractivity contribution is 0.188. The van der Waals surface area contributed by atoms with E-state index in [1.54, 1.807) is 5.54 Å². The van der Waals surface area contributed by atoms with E-state index in [0.29, 0.717) is 0 Å². The van der Waals surface area contributed by atoms with Gasteiger partial charge in [0.1, 0.15) is 0 Å². The topological polar surface area (TPSA) is 15.3 Å². The van der Waals surface area contributed by atoms with Crippen LogP contribution in [0.1, 0.15) is 32.6 Å². The van der Waals surface area contributed by atoms with Crippen molar-refractivity contribution in [1.29, 1.82) is 0 Å². The van der Waals surface area contributed by atoms with Crippen molar-refractivity contribution in [2.24, 2.45) is 0 Å². The van der Waals surface area contributed by atoms with Gasteiger partial charge >= 0.3 is 0 Å². The van der Waals surface area contributed by atoms with Crippen LogP contribution in [0.3, 0.4) is 0 Å². The molecular formula is C12H23ClN2. The molecule has 0 aromatic rings. The van der Waals surface area contributed by atoms with Gasteiger partial charge in [0, 0.05) is 24.2 Å². The molecule has 88 valence electrons. The van der Waals surface area contributed by atoms with Crippen molar-refractivity contribution in [1.82, 2.24) is 10.2 Å². The van der Waals surface area contributed by atoms with E-state index in [2.05, 4.69) is 31.2 Å². The molecule has 1 N–H and O–H groups in total. The van der Waals surface area contributed by atoms with E-state index in [9.17, 15) is 0 Å². The third-order valence-electron chi connectivity index (χ3n) is 3.41. The Morgan fingerprint density at radius 2 is 2.00 bits per heavy atom. The molecule has 3 heteroatoms. The van der Waals surface area contributed by atoms with Crippen molar-refractivity contribution in [3.8, 4) is 0 Å². The van der Waals surface area contributed by atoms with E-state index >= 15 is 0 Å². The molecule has 1 aliphatic carbocycles. The summed E-state index contributed by atoms with van der Waals surface area (Å²) in [6.45, 7) is 3.08. The van der Waals surface area contributed by atoms with Crippen molar-refractivity contribution in [3.05, 3.63) is 11.1 Å². The minimum absolute atomic E-state index is 0.735. The molecule has 0 saturated heterocycles. The monoisotopic (exact) mass is 230 g/mol. The van der Waals surface area contributed by atoms with E-state index in [-0.39, 0.29) is 0 Å². The van der Waals surface area contributed by atoms with Crippen molar-refractivity contribution < 1.29 is 0 Å². The smallest absolute Gasteiger partial charge is 0.0201 e. The standard InChI is InChI=1S/C12H23ClN2/c1-10(8-13)9-15(3)12-6-4-11(14-2)5-7-12/h8,11-12,14H,4-7,9H2,1-3H3. The third kappa shape index (κ3) is 4.13. The van der Waals surface area contributed by atoms with Gasteiger partial charge in [-0.05, 0) is 52.3 Å². The van der Waals surface area contributed by atoms with Crippen LogP contribution >= 0.6 is 11.6 Å². The first kappa shape index (κ1) is 13.0. The Labute approximate surface area is 98.7 Å². The number of likely N-dealkylation sites (N-methyl/N-ethyl adjacent to an activating group) is 1. The van der Waals surface area contributed by atoms with Crippen LogP contribution in [0.25, 0.3) is 0 Å². The summed E-state index contributed by atoms with van der Waals surface area (Å²) in [5, 5.41) is 3.36. The molecule has 1 rings (SSSR count). The fraction of sp³-hybridized carbons (Fsp3) is 0.833. The van der Waals surface area contributed by atoms with E-state index in [1.165, 1.54) is 31.3 Å². The van der Waals surface area contributed by atoms with Crippen LogP contribution in [0, 0.1) is 0 Å². The maximum absolute atomic E-state index is 5.68. The molecule has 0 aromatic heterocycles. The van der Waals surface area contributed by atoms with Gasteiger partial charge in [-0.2, -0.15) is 0 Å². The Balaban J connectivity index is 2.33. The Hall–Kier alpha value is -0.0500. The van der Waals surface area contributed by atoms with E-state index in [4.69, 9.17) is 11.6 Å². The van der Waals surface area contributed by atoms with Gasteiger partial charge in [-0.1, -0.05) is 11.6 Å². The molecule has 0 spiro atoms. The first-order valence-corrected chi connectivity index (χ1v) is 6.24. The van der Waals surface area contributed by atoms with Gasteiger partial charge < -0.3 is 5.32 Å². The second-order valence-corrected chi connectivity index (χ2v) is 4.88. The molecule has 0 atom stereocenters. The van der Waals surface area contributed by atoms with Crippen LogP contribution in [0.2, 0.25) is 0 Å². The Morgan fingerprint density at radius 3 is 2.47 bits per heavy atom. The van der Waals surface area contributed by atoms with Crippen LogP contribution in [0.15, 0.2) is 11.1 Å². The van der Waals surface area contributed by atoms with Crippen LogP contribution in [0.4, 0.5) is 0 Å². The van der Waals surface area contributed by atoms with Crippen molar-refractivity contribution in [2.75, 3.05) is 20.6 Å². The largest absolute Gasteiger partial charge is 0.317 e. The van der Waals surface area contributed by atoms with Crippen LogP contribution in [-0.4, -0.2) is 37.6 Å². The van der Waals surface area contributed by atoms with Gasteiger partial charge in [0.25, 0.3) is 0 Å². The predicted molar refractivity (Wildman–Crippen MR) is 67.3 cm³/mol. The second kappa shape index (κ2) is 6.51. The highest BCUT2D eigenvalue weighted by Gasteiger charge is 2.22. The fourth-order valence-corrected chi connectivity index (χ4v) is 2.43. The number of rotatable bonds is 4. The molecular weight excluding hydrogens is 208 g/mol. The molecule has 2 nitrogen and oxygen atoms in total. The summed E-state index contributed by atoms with van der Waals surface area (Å²) in [6.07, 6.45) is 5.21. The number of hydrogen-bond acceptors (Lipinski definition) is 2. The number of hydrogen-bond donors (Lipinski definition) is 1. The molecule has 1 aliphatic rings. The Kier molecular flexibility index (Phi) is 5.65. The van der Waals surface area contributed by atoms with Gasteiger partial charge in [0.2, 0.25) is 0 Å². The highest BCUT2D eigenvalue weighted by atomic mass is 35.5. The Bertz CT molecular complexity index is 208. The molecule has 15 heavy (non-hydrogen) atoms. The fourth-order valence-electron chi connectivity index (χ4n) is 2.36. The highest BCUT2D eigenvalue weighted by Crippen LogP contribution is 2.22. The molecule has 1 fully saturated rings. The minimum Gasteiger partial charge on any atom is -0.317 e. The van der Waals surface area contributed by atoms with Gasteiger partial charge in [0.15, 0.2) is 0 Å². The van der Waals surface area contributed by atoms with E-state index < -0.39 is 0 Å². The third-order valence-corrected chi connectivity index (χ3v) is 3.79. The molecule has 1 saturated carbocycles. The highest BCUT2D eigenvalue weighted by molar-refractivity contribution is 6.25. The zero-order valence-electron chi connectivity index (χ0n) is 10.1. The molecule has 0 amide bonds. The van der Waals surface area contributed by atoms with Gasteiger partial charge in [-0.25, -0.2) is 0 Å². The summed E-state index contributed by atoms with van der Waals surface area (Å²) in [6, 6.07) is 1.47. The summed E-state index contributed by atoms with van der Waals surface area (Å²) in [4.78, 5) is 2.43. The van der Waals surface area contributed by atoms with Crippen LogP contribution in [-0.2, 0) is 0 Å². The number of nitrogens with one attached hydrogen (secondary N) is 1.